The predicted molar refractivity (Wildman–Crippen MR) is 57.6 cm³/mol. The van der Waals surface area contributed by atoms with Gasteiger partial charge in [0.2, 0.25) is 0 Å². The molecule has 1 aliphatic heterocycles. The largest absolute Gasteiger partial charge is 0.444 e. The number of likely N-dealkylation sites (tertiary alicyclic amines) is 1. The monoisotopic (exact) mass is 215 g/mol. The fraction of sp³-hybridized carbons (Fsp3) is 0.909. The van der Waals surface area contributed by atoms with Crippen LogP contribution in [0, 0.1) is 0 Å². The molecule has 1 saturated heterocycles. The molecule has 1 amide bonds. The molecule has 0 aliphatic carbocycles. The molecule has 0 radical (unpaired) electrons. The van der Waals surface area contributed by atoms with E-state index in [1.54, 1.807) is 4.90 Å². The highest BCUT2D eigenvalue weighted by Gasteiger charge is 2.32. The van der Waals surface area contributed by atoms with Crippen molar-refractivity contribution in [3.63, 3.8) is 0 Å². The summed E-state index contributed by atoms with van der Waals surface area (Å²) in [4.78, 5) is 13.4. The van der Waals surface area contributed by atoms with E-state index < -0.39 is 11.7 Å². The molecule has 88 valence electrons. The number of piperidine rings is 1. The van der Waals surface area contributed by atoms with Gasteiger partial charge in [0.25, 0.3) is 0 Å². The maximum Gasteiger partial charge on any atom is 0.410 e. The first-order valence-corrected chi connectivity index (χ1v) is 5.49. The fourth-order valence-corrected chi connectivity index (χ4v) is 1.70. The lowest BCUT2D eigenvalue weighted by Gasteiger charge is -2.37. The summed E-state index contributed by atoms with van der Waals surface area (Å²) < 4.78 is 5.27. The lowest BCUT2D eigenvalue weighted by molar-refractivity contribution is -0.0181. The molecule has 1 fully saturated rings. The molecule has 0 aromatic rings. The Hall–Kier alpha value is -0.770. The van der Waals surface area contributed by atoms with Crippen molar-refractivity contribution in [3.05, 3.63) is 0 Å². The quantitative estimate of drug-likeness (QED) is 0.670. The van der Waals surface area contributed by atoms with Crippen LogP contribution in [-0.2, 0) is 4.74 Å². The minimum atomic E-state index is -0.473. The number of rotatable bonds is 0. The second-order valence-electron chi connectivity index (χ2n) is 5.12. The van der Waals surface area contributed by atoms with Crippen LogP contribution in [0.1, 0.15) is 40.5 Å². The second-order valence-corrected chi connectivity index (χ2v) is 5.12. The number of hydrogen-bond acceptors (Lipinski definition) is 3. The van der Waals surface area contributed by atoms with E-state index in [1.165, 1.54) is 0 Å². The van der Waals surface area contributed by atoms with E-state index in [2.05, 4.69) is 0 Å². The number of carbonyl (C=O) groups is 1. The van der Waals surface area contributed by atoms with Gasteiger partial charge in [-0.25, -0.2) is 4.79 Å². The van der Waals surface area contributed by atoms with Crippen molar-refractivity contribution >= 4 is 6.09 Å². The summed E-state index contributed by atoms with van der Waals surface area (Å²) in [5.41, 5.74) is -0.473. The van der Waals surface area contributed by atoms with Crippen molar-refractivity contribution in [2.75, 3.05) is 6.54 Å². The lowest BCUT2D eigenvalue weighted by atomic mass is 10.0. The minimum absolute atomic E-state index is 0.145. The van der Waals surface area contributed by atoms with E-state index in [-0.39, 0.29) is 12.1 Å². The van der Waals surface area contributed by atoms with Gasteiger partial charge in [-0.2, -0.15) is 0 Å². The van der Waals surface area contributed by atoms with Crippen molar-refractivity contribution in [1.82, 2.24) is 4.90 Å². The van der Waals surface area contributed by atoms with Crippen LogP contribution in [0.4, 0.5) is 4.79 Å². The minimum Gasteiger partial charge on any atom is -0.444 e. The summed E-state index contributed by atoms with van der Waals surface area (Å²) in [6.45, 7) is 8.06. The standard InChI is InChI=1S/C11H21NO3/c1-8-9(13)6-5-7-12(8)10(14)15-11(2,3)4/h8-9,13H,5-7H2,1-4H3. The van der Waals surface area contributed by atoms with Crippen LogP contribution in [0.3, 0.4) is 0 Å². The molecule has 0 aromatic carbocycles. The van der Waals surface area contributed by atoms with Crippen LogP contribution in [0.2, 0.25) is 0 Å². The van der Waals surface area contributed by atoms with Gasteiger partial charge in [0.05, 0.1) is 12.1 Å². The van der Waals surface area contributed by atoms with Crippen LogP contribution >= 0.6 is 0 Å². The molecule has 0 spiro atoms. The SMILES string of the molecule is CC1C(O)CCCN1C(=O)OC(C)(C)C. The highest BCUT2D eigenvalue weighted by molar-refractivity contribution is 5.68. The molecule has 4 heteroatoms. The Morgan fingerprint density at radius 2 is 2.07 bits per heavy atom. The number of carbonyl (C=O) groups excluding carboxylic acids is 1. The molecule has 2 atom stereocenters. The average Bonchev–Trinajstić information content (AvgIpc) is 2.06. The number of aliphatic hydroxyl groups excluding tert-OH is 1. The van der Waals surface area contributed by atoms with Crippen LogP contribution in [0.5, 0.6) is 0 Å². The summed E-state index contributed by atoms with van der Waals surface area (Å²) in [6, 6.07) is -0.145. The van der Waals surface area contributed by atoms with Gasteiger partial charge < -0.3 is 14.7 Å². The third kappa shape index (κ3) is 3.38. The molecular weight excluding hydrogens is 194 g/mol. The third-order valence-corrected chi connectivity index (χ3v) is 2.58. The first kappa shape index (κ1) is 12.3. The summed E-state index contributed by atoms with van der Waals surface area (Å²) >= 11 is 0. The number of amides is 1. The molecular formula is C11H21NO3. The zero-order chi connectivity index (χ0) is 11.6. The van der Waals surface area contributed by atoms with Crippen molar-refractivity contribution in [2.24, 2.45) is 0 Å². The van der Waals surface area contributed by atoms with E-state index in [0.29, 0.717) is 6.54 Å². The van der Waals surface area contributed by atoms with Crippen LogP contribution < -0.4 is 0 Å². The Labute approximate surface area is 91.2 Å². The zero-order valence-electron chi connectivity index (χ0n) is 9.99. The van der Waals surface area contributed by atoms with Crippen LogP contribution in [-0.4, -0.2) is 40.4 Å². The Morgan fingerprint density at radius 3 is 2.60 bits per heavy atom. The zero-order valence-corrected chi connectivity index (χ0v) is 9.99. The van der Waals surface area contributed by atoms with Crippen molar-refractivity contribution in [2.45, 2.75) is 58.3 Å². The van der Waals surface area contributed by atoms with E-state index in [1.807, 2.05) is 27.7 Å². The Balaban J connectivity index is 2.59. The highest BCUT2D eigenvalue weighted by Crippen LogP contribution is 2.20. The van der Waals surface area contributed by atoms with Gasteiger partial charge in [-0.3, -0.25) is 0 Å². The maximum absolute atomic E-state index is 11.8. The molecule has 2 unspecified atom stereocenters. The maximum atomic E-state index is 11.8. The Kier molecular flexibility index (Phi) is 3.60. The summed E-state index contributed by atoms with van der Waals surface area (Å²) in [6.07, 6.45) is 0.852. The van der Waals surface area contributed by atoms with Gasteiger partial charge >= 0.3 is 6.09 Å². The molecule has 1 heterocycles. The smallest absolute Gasteiger partial charge is 0.410 e. The van der Waals surface area contributed by atoms with Crippen LogP contribution in [0.15, 0.2) is 0 Å². The van der Waals surface area contributed by atoms with Gasteiger partial charge in [-0.15, -0.1) is 0 Å². The number of nitrogens with zero attached hydrogens (tertiary/aromatic N) is 1. The molecule has 15 heavy (non-hydrogen) atoms. The third-order valence-electron chi connectivity index (χ3n) is 2.58. The van der Waals surface area contributed by atoms with Gasteiger partial charge in [0, 0.05) is 6.54 Å². The fourth-order valence-electron chi connectivity index (χ4n) is 1.70. The lowest BCUT2D eigenvalue weighted by Crippen LogP contribution is -2.50. The van der Waals surface area contributed by atoms with Crippen molar-refractivity contribution in [3.8, 4) is 0 Å². The normalized spacial score (nSPS) is 27.7. The number of hydrogen-bond donors (Lipinski definition) is 1. The Morgan fingerprint density at radius 1 is 1.47 bits per heavy atom. The predicted octanol–water partition coefficient (Wildman–Crippen LogP) is 1.77. The van der Waals surface area contributed by atoms with E-state index in [0.717, 1.165) is 12.8 Å². The van der Waals surface area contributed by atoms with E-state index in [4.69, 9.17) is 4.74 Å². The van der Waals surface area contributed by atoms with Crippen molar-refractivity contribution in [1.29, 1.82) is 0 Å². The molecule has 4 nitrogen and oxygen atoms in total. The van der Waals surface area contributed by atoms with Gasteiger partial charge in [0.15, 0.2) is 0 Å². The molecule has 0 saturated carbocycles. The molecule has 0 bridgehead atoms. The van der Waals surface area contributed by atoms with Crippen molar-refractivity contribution < 1.29 is 14.6 Å². The topological polar surface area (TPSA) is 49.8 Å². The number of ether oxygens (including phenoxy) is 1. The van der Waals surface area contributed by atoms with E-state index >= 15 is 0 Å². The first-order valence-electron chi connectivity index (χ1n) is 5.49. The van der Waals surface area contributed by atoms with Gasteiger partial charge in [0.1, 0.15) is 5.60 Å². The van der Waals surface area contributed by atoms with Crippen LogP contribution in [0.25, 0.3) is 0 Å². The average molecular weight is 215 g/mol. The first-order chi connectivity index (χ1) is 6.81. The van der Waals surface area contributed by atoms with E-state index in [9.17, 15) is 9.90 Å². The number of aliphatic hydroxyl groups is 1. The van der Waals surface area contributed by atoms with Gasteiger partial charge in [-0.1, -0.05) is 0 Å². The summed E-state index contributed by atoms with van der Waals surface area (Å²) in [7, 11) is 0. The summed E-state index contributed by atoms with van der Waals surface area (Å²) in [5, 5.41) is 9.65. The molecule has 1 rings (SSSR count). The highest BCUT2D eigenvalue weighted by atomic mass is 16.6. The second kappa shape index (κ2) is 4.39. The molecule has 1 aliphatic rings. The molecule has 1 N–H and O–H groups in total. The van der Waals surface area contributed by atoms with Gasteiger partial charge in [-0.05, 0) is 40.5 Å². The molecule has 0 aromatic heterocycles. The summed E-state index contributed by atoms with van der Waals surface area (Å²) in [5.74, 6) is 0. The Bertz CT molecular complexity index is 234.